The predicted molar refractivity (Wildman–Crippen MR) is 17.6 cm³/mol. The van der Waals surface area contributed by atoms with Gasteiger partial charge in [-0.3, -0.25) is 4.84 Å². The largest absolute Gasteiger partial charge is 0.398 e. The van der Waals surface area contributed by atoms with Gasteiger partial charge in [-0.1, -0.05) is 0 Å². The maximum absolute atomic E-state index is 11.1. The van der Waals surface area contributed by atoms with Crippen LogP contribution in [0.25, 0.3) is 0 Å². The summed E-state index contributed by atoms with van der Waals surface area (Å²) in [6.07, 6.45) is 0. The van der Waals surface area contributed by atoms with Crippen molar-refractivity contribution in [3.8, 4) is 0 Å². The molecule has 0 fully saturated rings. The molecule has 0 heterocycles. The van der Waals surface area contributed by atoms with E-state index in [1.165, 1.54) is 0 Å². The van der Waals surface area contributed by atoms with Gasteiger partial charge < -0.3 is 0 Å². The molecule has 1 atom stereocenters. The van der Waals surface area contributed by atoms with E-state index in [-0.39, 0.29) is 0 Å². The number of nitroso groups, excluding NO2 is 1. The van der Waals surface area contributed by atoms with Crippen molar-refractivity contribution in [3.63, 3.8) is 0 Å². The minimum Gasteiger partial charge on any atom is -0.299 e. The van der Waals surface area contributed by atoms with Crippen LogP contribution in [0, 0.1) is 9.81 Å². The lowest BCUT2D eigenvalue weighted by molar-refractivity contribution is -0.0326. The maximum Gasteiger partial charge on any atom is 0.398 e. The molecule has 40 valence electrons. The third-order valence-electron chi connectivity index (χ3n) is 0.213. The molecular weight excluding hydrogens is 107 g/mol. The molecule has 0 amide bonds. The summed E-state index contributed by atoms with van der Waals surface area (Å²) in [4.78, 5) is 20.9. The fourth-order valence-corrected chi connectivity index (χ4v) is 0.0548. The molecule has 0 N–H and O–H groups in total. The standard InChI is InChI=1S/CHFN2O3/c2-1(3-5)7-4-6/h1H. The monoisotopic (exact) mass is 108 g/mol. The number of rotatable bonds is 3. The first-order valence-electron chi connectivity index (χ1n) is 1.26. The molecular formula is CHFN2O3. The van der Waals surface area contributed by atoms with Crippen molar-refractivity contribution in [3.05, 3.63) is 9.81 Å². The van der Waals surface area contributed by atoms with E-state index < -0.39 is 6.48 Å². The van der Waals surface area contributed by atoms with E-state index in [1.54, 1.807) is 10.5 Å². The van der Waals surface area contributed by atoms with Crippen molar-refractivity contribution in [1.29, 1.82) is 0 Å². The maximum atomic E-state index is 11.1. The summed E-state index contributed by atoms with van der Waals surface area (Å²) in [7, 11) is 0. The molecule has 0 aliphatic heterocycles. The van der Waals surface area contributed by atoms with E-state index in [9.17, 15) is 4.39 Å². The van der Waals surface area contributed by atoms with Gasteiger partial charge in [0.15, 0.2) is 5.34 Å². The zero-order chi connectivity index (χ0) is 5.70. The van der Waals surface area contributed by atoms with Gasteiger partial charge in [-0.2, -0.15) is 4.39 Å². The highest BCUT2D eigenvalue weighted by atomic mass is 19.1. The molecule has 1 unspecified atom stereocenters. The third-order valence-corrected chi connectivity index (χ3v) is 0.213. The number of halogens is 1. The number of alkyl halides is 1. The Labute approximate surface area is 37.4 Å². The SMILES string of the molecule is O=NOC(F)N=O. The van der Waals surface area contributed by atoms with Gasteiger partial charge in [0, 0.05) is 5.18 Å². The van der Waals surface area contributed by atoms with Gasteiger partial charge in [-0.25, -0.2) is 0 Å². The van der Waals surface area contributed by atoms with Gasteiger partial charge >= 0.3 is 6.48 Å². The van der Waals surface area contributed by atoms with E-state index in [4.69, 9.17) is 9.81 Å². The van der Waals surface area contributed by atoms with Crippen molar-refractivity contribution < 1.29 is 9.23 Å². The van der Waals surface area contributed by atoms with Crippen molar-refractivity contribution in [2.24, 2.45) is 10.5 Å². The molecule has 0 aromatic carbocycles. The Morgan fingerprint density at radius 2 is 2.14 bits per heavy atom. The van der Waals surface area contributed by atoms with Gasteiger partial charge in [-0.15, -0.1) is 9.81 Å². The van der Waals surface area contributed by atoms with Crippen LogP contribution in [0.1, 0.15) is 0 Å². The Kier molecular flexibility index (Phi) is 2.65. The lowest BCUT2D eigenvalue weighted by Crippen LogP contribution is -1.93. The van der Waals surface area contributed by atoms with Crippen LogP contribution in [-0.4, -0.2) is 6.48 Å². The average molecular weight is 108 g/mol. The normalized spacial score (nSPS) is 12.1. The molecule has 5 nitrogen and oxygen atoms in total. The number of nitrogens with zero attached hydrogens (tertiary/aromatic N) is 2. The first kappa shape index (κ1) is 5.93. The average Bonchev–Trinajstić information content (AvgIpc) is 1.68. The Hall–Kier alpha value is -1.07. The fraction of sp³-hybridized carbons (Fsp3) is 1.00. The van der Waals surface area contributed by atoms with Crippen LogP contribution >= 0.6 is 0 Å². The summed E-state index contributed by atoms with van der Waals surface area (Å²) in [5, 5.41) is 3.23. The van der Waals surface area contributed by atoms with Crippen molar-refractivity contribution in [1.82, 2.24) is 0 Å². The Balaban J connectivity index is 3.15. The molecule has 6 heteroatoms. The van der Waals surface area contributed by atoms with Gasteiger partial charge in [0.1, 0.15) is 0 Å². The summed E-state index contributed by atoms with van der Waals surface area (Å²) in [5.74, 6) is 0. The van der Waals surface area contributed by atoms with Crippen LogP contribution in [0.3, 0.4) is 0 Å². The molecule has 0 aliphatic carbocycles. The van der Waals surface area contributed by atoms with Crippen LogP contribution in [0.5, 0.6) is 0 Å². The van der Waals surface area contributed by atoms with Crippen LogP contribution in [-0.2, 0) is 4.84 Å². The molecule has 0 saturated heterocycles. The van der Waals surface area contributed by atoms with E-state index >= 15 is 0 Å². The van der Waals surface area contributed by atoms with E-state index in [0.717, 1.165) is 0 Å². The van der Waals surface area contributed by atoms with Crippen molar-refractivity contribution in [2.75, 3.05) is 0 Å². The molecule has 0 aromatic heterocycles. The van der Waals surface area contributed by atoms with Crippen LogP contribution in [0.15, 0.2) is 10.5 Å². The Bertz CT molecular complexity index is 75.3. The number of hydrogen-bond donors (Lipinski definition) is 0. The van der Waals surface area contributed by atoms with Gasteiger partial charge in [-0.05, 0) is 0 Å². The van der Waals surface area contributed by atoms with Gasteiger partial charge in [0.25, 0.3) is 0 Å². The summed E-state index contributed by atoms with van der Waals surface area (Å²) in [6, 6.07) is 0. The highest BCUT2D eigenvalue weighted by molar-refractivity contribution is 4.26. The molecule has 0 aliphatic rings. The molecule has 7 heavy (non-hydrogen) atoms. The first-order chi connectivity index (χ1) is 3.31. The predicted octanol–water partition coefficient (Wildman–Crippen LogP) is 0.704. The second-order valence-corrected chi connectivity index (χ2v) is 0.577. The summed E-state index contributed by atoms with van der Waals surface area (Å²) >= 11 is 0. The summed E-state index contributed by atoms with van der Waals surface area (Å²) < 4.78 is 11.1. The summed E-state index contributed by atoms with van der Waals surface area (Å²) in [6.45, 7) is -2.46. The van der Waals surface area contributed by atoms with Crippen molar-refractivity contribution >= 4 is 0 Å². The lowest BCUT2D eigenvalue weighted by Gasteiger charge is -1.85. The molecule has 0 spiro atoms. The fourth-order valence-electron chi connectivity index (χ4n) is 0.0548. The smallest absolute Gasteiger partial charge is 0.299 e. The summed E-state index contributed by atoms with van der Waals surface area (Å²) in [5.41, 5.74) is 0. The highest BCUT2D eigenvalue weighted by Crippen LogP contribution is 1.92. The van der Waals surface area contributed by atoms with Gasteiger partial charge in [0.05, 0.1) is 0 Å². The molecule has 0 saturated carbocycles. The van der Waals surface area contributed by atoms with E-state index in [1.807, 2.05) is 0 Å². The second-order valence-electron chi connectivity index (χ2n) is 0.577. The molecule has 0 bridgehead atoms. The van der Waals surface area contributed by atoms with Crippen LogP contribution in [0.4, 0.5) is 4.39 Å². The van der Waals surface area contributed by atoms with Crippen LogP contribution < -0.4 is 0 Å². The topological polar surface area (TPSA) is 68.1 Å². The zero-order valence-electron chi connectivity index (χ0n) is 3.07. The highest BCUT2D eigenvalue weighted by Gasteiger charge is 2.01. The Morgan fingerprint density at radius 3 is 2.29 bits per heavy atom. The van der Waals surface area contributed by atoms with Crippen molar-refractivity contribution in [2.45, 2.75) is 6.48 Å². The molecule has 0 rings (SSSR count). The second kappa shape index (κ2) is 3.13. The minimum atomic E-state index is -2.46. The van der Waals surface area contributed by atoms with E-state index in [2.05, 4.69) is 4.84 Å². The Morgan fingerprint density at radius 1 is 1.57 bits per heavy atom. The first-order valence-corrected chi connectivity index (χ1v) is 1.26. The van der Waals surface area contributed by atoms with E-state index in [0.29, 0.717) is 0 Å². The number of hydrogen-bond acceptors (Lipinski definition) is 5. The molecule has 0 radical (unpaired) electrons. The zero-order valence-corrected chi connectivity index (χ0v) is 3.07. The lowest BCUT2D eigenvalue weighted by atomic mass is 11.3. The van der Waals surface area contributed by atoms with Crippen LogP contribution in [0.2, 0.25) is 0 Å². The quantitative estimate of drug-likeness (QED) is 0.303. The minimum absolute atomic E-state index is 1.59. The van der Waals surface area contributed by atoms with Gasteiger partial charge in [0.2, 0.25) is 0 Å². The third kappa shape index (κ3) is 2.74. The molecule has 0 aromatic rings.